The second-order valence-electron chi connectivity index (χ2n) is 4.02. The highest BCUT2D eigenvalue weighted by molar-refractivity contribution is 6.30. The molecule has 0 radical (unpaired) electrons. The van der Waals surface area contributed by atoms with Gasteiger partial charge in [-0.05, 0) is 19.1 Å². The zero-order valence-electron chi connectivity index (χ0n) is 10.2. The Labute approximate surface area is 114 Å². The highest BCUT2D eigenvalue weighted by Gasteiger charge is 2.16. The molecule has 0 bridgehead atoms. The topological polar surface area (TPSA) is 83.7 Å². The molecule has 19 heavy (non-hydrogen) atoms. The van der Waals surface area contributed by atoms with E-state index in [1.165, 1.54) is 0 Å². The molecular formula is C12H12ClN3O3. The summed E-state index contributed by atoms with van der Waals surface area (Å²) in [6.45, 7) is 1.79. The molecule has 0 saturated heterocycles. The van der Waals surface area contributed by atoms with Crippen LogP contribution in [0.3, 0.4) is 0 Å². The summed E-state index contributed by atoms with van der Waals surface area (Å²) >= 11 is 5.89. The summed E-state index contributed by atoms with van der Waals surface area (Å²) in [5, 5.41) is 11.6. The van der Waals surface area contributed by atoms with Gasteiger partial charge in [0.05, 0.1) is 17.1 Å². The zero-order chi connectivity index (χ0) is 14.0. The first-order valence-electron chi connectivity index (χ1n) is 5.63. The van der Waals surface area contributed by atoms with E-state index >= 15 is 0 Å². The van der Waals surface area contributed by atoms with Crippen molar-refractivity contribution in [3.63, 3.8) is 0 Å². The maximum atomic E-state index is 12.0. The van der Waals surface area contributed by atoms with Crippen LogP contribution in [0.4, 0.5) is 0 Å². The molecule has 0 aliphatic rings. The summed E-state index contributed by atoms with van der Waals surface area (Å²) < 4.78 is 1.59. The monoisotopic (exact) mass is 281 g/mol. The SMILES string of the molecule is Cc1nc2ccc(Cl)cn2c1C(=O)NCCC(=O)O. The highest BCUT2D eigenvalue weighted by Crippen LogP contribution is 2.16. The van der Waals surface area contributed by atoms with E-state index in [4.69, 9.17) is 16.7 Å². The van der Waals surface area contributed by atoms with Gasteiger partial charge in [-0.25, -0.2) is 4.98 Å². The molecule has 2 aromatic heterocycles. The molecule has 2 rings (SSSR count). The number of carboxylic acid groups (broad SMARTS) is 1. The third kappa shape index (κ3) is 2.85. The lowest BCUT2D eigenvalue weighted by Gasteiger charge is -2.04. The number of carbonyl (C=O) groups is 2. The first-order valence-corrected chi connectivity index (χ1v) is 6.01. The highest BCUT2D eigenvalue weighted by atomic mass is 35.5. The average molecular weight is 282 g/mol. The number of aryl methyl sites for hydroxylation is 1. The van der Waals surface area contributed by atoms with Gasteiger partial charge in [0.2, 0.25) is 0 Å². The van der Waals surface area contributed by atoms with E-state index in [9.17, 15) is 9.59 Å². The van der Waals surface area contributed by atoms with Crippen LogP contribution < -0.4 is 5.32 Å². The Balaban J connectivity index is 2.28. The smallest absolute Gasteiger partial charge is 0.305 e. The Kier molecular flexibility index (Phi) is 3.71. The number of carbonyl (C=O) groups excluding carboxylic acids is 1. The van der Waals surface area contributed by atoms with E-state index in [-0.39, 0.29) is 18.9 Å². The number of nitrogens with one attached hydrogen (secondary N) is 1. The molecule has 0 unspecified atom stereocenters. The van der Waals surface area contributed by atoms with Crippen LogP contribution in [0.1, 0.15) is 22.6 Å². The number of halogens is 1. The Morgan fingerprint density at radius 2 is 2.21 bits per heavy atom. The van der Waals surface area contributed by atoms with E-state index in [0.29, 0.717) is 22.1 Å². The van der Waals surface area contributed by atoms with Gasteiger partial charge in [0.1, 0.15) is 11.3 Å². The first kappa shape index (κ1) is 13.4. The van der Waals surface area contributed by atoms with Crippen LogP contribution in [-0.4, -0.2) is 32.9 Å². The van der Waals surface area contributed by atoms with E-state index in [0.717, 1.165) is 0 Å². The molecule has 6 nitrogen and oxygen atoms in total. The van der Waals surface area contributed by atoms with Crippen molar-refractivity contribution in [1.82, 2.24) is 14.7 Å². The van der Waals surface area contributed by atoms with Crippen molar-refractivity contribution in [1.29, 1.82) is 0 Å². The summed E-state index contributed by atoms with van der Waals surface area (Å²) in [7, 11) is 0. The van der Waals surface area contributed by atoms with E-state index in [1.54, 1.807) is 29.7 Å². The fourth-order valence-electron chi connectivity index (χ4n) is 1.78. The van der Waals surface area contributed by atoms with Crippen molar-refractivity contribution < 1.29 is 14.7 Å². The summed E-state index contributed by atoms with van der Waals surface area (Å²) in [5.41, 5.74) is 1.54. The minimum Gasteiger partial charge on any atom is -0.481 e. The third-order valence-corrected chi connectivity index (χ3v) is 2.82. The summed E-state index contributed by atoms with van der Waals surface area (Å²) in [5.74, 6) is -1.33. The van der Waals surface area contributed by atoms with Crippen LogP contribution in [0.25, 0.3) is 5.65 Å². The molecule has 2 N–H and O–H groups in total. The molecule has 2 heterocycles. The molecule has 0 aliphatic heterocycles. The van der Waals surface area contributed by atoms with E-state index < -0.39 is 5.97 Å². The lowest BCUT2D eigenvalue weighted by Crippen LogP contribution is -2.27. The zero-order valence-corrected chi connectivity index (χ0v) is 10.9. The van der Waals surface area contributed by atoms with Crippen LogP contribution in [0, 0.1) is 6.92 Å². The Morgan fingerprint density at radius 3 is 2.89 bits per heavy atom. The van der Waals surface area contributed by atoms with E-state index in [2.05, 4.69) is 10.3 Å². The van der Waals surface area contributed by atoms with Crippen LogP contribution in [0.15, 0.2) is 18.3 Å². The van der Waals surface area contributed by atoms with Crippen molar-refractivity contribution in [2.75, 3.05) is 6.54 Å². The Bertz CT molecular complexity index is 651. The third-order valence-electron chi connectivity index (χ3n) is 2.60. The van der Waals surface area contributed by atoms with Crippen molar-refractivity contribution in [3.8, 4) is 0 Å². The van der Waals surface area contributed by atoms with Gasteiger partial charge in [0.15, 0.2) is 0 Å². The maximum absolute atomic E-state index is 12.0. The molecule has 0 saturated carbocycles. The number of amides is 1. The quantitative estimate of drug-likeness (QED) is 0.889. The molecular weight excluding hydrogens is 270 g/mol. The molecule has 1 amide bonds. The largest absolute Gasteiger partial charge is 0.481 e. The number of pyridine rings is 1. The van der Waals surface area contributed by atoms with Gasteiger partial charge in [0, 0.05) is 12.7 Å². The average Bonchev–Trinajstić information content (AvgIpc) is 2.63. The van der Waals surface area contributed by atoms with Gasteiger partial charge >= 0.3 is 5.97 Å². The number of fused-ring (bicyclic) bond motifs is 1. The van der Waals surface area contributed by atoms with Crippen LogP contribution in [0.5, 0.6) is 0 Å². The number of aliphatic carboxylic acids is 1. The van der Waals surface area contributed by atoms with Gasteiger partial charge in [-0.15, -0.1) is 0 Å². The minimum atomic E-state index is -0.960. The van der Waals surface area contributed by atoms with Crippen molar-refractivity contribution in [2.45, 2.75) is 13.3 Å². The van der Waals surface area contributed by atoms with Crippen molar-refractivity contribution in [3.05, 3.63) is 34.7 Å². The number of carboxylic acids is 1. The number of imidazole rings is 1. The number of rotatable bonds is 4. The first-order chi connectivity index (χ1) is 8.99. The molecule has 100 valence electrons. The van der Waals surface area contributed by atoms with Crippen molar-refractivity contribution >= 4 is 29.1 Å². The number of nitrogens with zero attached hydrogens (tertiary/aromatic N) is 2. The second kappa shape index (κ2) is 5.27. The molecule has 7 heteroatoms. The normalized spacial score (nSPS) is 10.6. The van der Waals surface area contributed by atoms with E-state index in [1.807, 2.05) is 0 Å². The standard InChI is InChI=1S/C12H12ClN3O3/c1-7-11(12(19)14-5-4-10(17)18)16-6-8(13)2-3-9(16)15-7/h2-3,6H,4-5H2,1H3,(H,14,19)(H,17,18). The minimum absolute atomic E-state index is 0.0708. The number of hydrogen-bond acceptors (Lipinski definition) is 3. The predicted molar refractivity (Wildman–Crippen MR) is 69.5 cm³/mol. The van der Waals surface area contributed by atoms with Crippen LogP contribution >= 0.6 is 11.6 Å². The maximum Gasteiger partial charge on any atom is 0.305 e. The predicted octanol–water partition coefficient (Wildman–Crippen LogP) is 1.50. The fourth-order valence-corrected chi connectivity index (χ4v) is 1.94. The lowest BCUT2D eigenvalue weighted by molar-refractivity contribution is -0.136. The molecule has 0 spiro atoms. The summed E-state index contributed by atoms with van der Waals surface area (Å²) in [6, 6.07) is 3.40. The van der Waals surface area contributed by atoms with Gasteiger partial charge < -0.3 is 10.4 Å². The number of hydrogen-bond donors (Lipinski definition) is 2. The van der Waals surface area contributed by atoms with Gasteiger partial charge in [-0.2, -0.15) is 0 Å². The number of aromatic nitrogens is 2. The van der Waals surface area contributed by atoms with Crippen LogP contribution in [-0.2, 0) is 4.79 Å². The Morgan fingerprint density at radius 1 is 1.47 bits per heavy atom. The fraction of sp³-hybridized carbons (Fsp3) is 0.250. The molecule has 2 aromatic rings. The molecule has 0 aliphatic carbocycles. The van der Waals surface area contributed by atoms with Gasteiger partial charge in [0.25, 0.3) is 5.91 Å². The van der Waals surface area contributed by atoms with Gasteiger partial charge in [-0.3, -0.25) is 14.0 Å². The molecule has 0 fully saturated rings. The molecule has 0 atom stereocenters. The second-order valence-corrected chi connectivity index (χ2v) is 4.46. The van der Waals surface area contributed by atoms with Gasteiger partial charge in [-0.1, -0.05) is 11.6 Å². The lowest BCUT2D eigenvalue weighted by atomic mass is 10.3. The van der Waals surface area contributed by atoms with Crippen LogP contribution in [0.2, 0.25) is 5.02 Å². The molecule has 0 aromatic carbocycles. The Hall–Kier alpha value is -2.08. The van der Waals surface area contributed by atoms with Crippen molar-refractivity contribution in [2.24, 2.45) is 0 Å². The summed E-state index contributed by atoms with van der Waals surface area (Å²) in [4.78, 5) is 26.7. The summed E-state index contributed by atoms with van der Waals surface area (Å²) in [6.07, 6.45) is 1.48.